The Morgan fingerprint density at radius 3 is 2.32 bits per heavy atom. The molecule has 0 radical (unpaired) electrons. The van der Waals surface area contributed by atoms with Crippen LogP contribution in [0.4, 0.5) is 0 Å². The van der Waals surface area contributed by atoms with Crippen molar-refractivity contribution in [2.24, 2.45) is 11.3 Å². The molecule has 0 saturated carbocycles. The predicted octanol–water partition coefficient (Wildman–Crippen LogP) is 4.63. The fourth-order valence-corrected chi connectivity index (χ4v) is 5.12. The molecule has 0 heterocycles. The first-order chi connectivity index (χ1) is 13.6. The van der Waals surface area contributed by atoms with Crippen molar-refractivity contribution in [1.29, 1.82) is 0 Å². The van der Waals surface area contributed by atoms with E-state index in [0.29, 0.717) is 6.42 Å². The van der Waals surface area contributed by atoms with E-state index >= 15 is 0 Å². The second kappa shape index (κ2) is 7.57. The smallest absolute Gasteiger partial charge is 0.327 e. The summed E-state index contributed by atoms with van der Waals surface area (Å²) in [6.45, 7) is 4.05. The van der Waals surface area contributed by atoms with Crippen LogP contribution in [-0.2, 0) is 25.5 Å². The van der Waals surface area contributed by atoms with Gasteiger partial charge in [-0.05, 0) is 86.1 Å². The van der Waals surface area contributed by atoms with E-state index < -0.39 is 17.4 Å². The summed E-state index contributed by atoms with van der Waals surface area (Å²) in [5.74, 6) is -0.805. The van der Waals surface area contributed by atoms with Crippen LogP contribution in [0.15, 0.2) is 41.5 Å². The third-order valence-corrected chi connectivity index (χ3v) is 6.31. The normalized spacial score (nSPS) is 22.4. The van der Waals surface area contributed by atoms with Crippen molar-refractivity contribution in [3.05, 3.63) is 52.6 Å². The zero-order valence-electron chi connectivity index (χ0n) is 16.8. The minimum Gasteiger partial charge on any atom is -0.465 e. The lowest BCUT2D eigenvalue weighted by Crippen LogP contribution is -2.39. The van der Waals surface area contributed by atoms with Crippen molar-refractivity contribution < 1.29 is 19.1 Å². The molecule has 4 nitrogen and oxygen atoms in total. The Balaban J connectivity index is 1.86. The monoisotopic (exact) mass is 380 g/mol. The van der Waals surface area contributed by atoms with Crippen LogP contribution in [0, 0.1) is 11.3 Å². The summed E-state index contributed by atoms with van der Waals surface area (Å²) in [5, 5.41) is 0. The minimum absolute atomic E-state index is 0.139. The third-order valence-electron chi connectivity index (χ3n) is 6.31. The number of benzene rings is 1. The molecule has 148 valence electrons. The van der Waals surface area contributed by atoms with Crippen molar-refractivity contribution in [1.82, 2.24) is 0 Å². The highest BCUT2D eigenvalue weighted by Gasteiger charge is 2.54. The first-order valence-electron chi connectivity index (χ1n) is 10.5. The zero-order chi connectivity index (χ0) is 19.7. The van der Waals surface area contributed by atoms with E-state index in [1.165, 1.54) is 34.3 Å². The molecule has 1 aromatic rings. The molecule has 3 aliphatic carbocycles. The predicted molar refractivity (Wildman–Crippen MR) is 107 cm³/mol. The molecule has 1 atom stereocenters. The molecule has 0 aromatic heterocycles. The summed E-state index contributed by atoms with van der Waals surface area (Å²) in [6, 6.07) is 8.60. The molecule has 28 heavy (non-hydrogen) atoms. The van der Waals surface area contributed by atoms with Gasteiger partial charge in [0.2, 0.25) is 0 Å². The van der Waals surface area contributed by atoms with Gasteiger partial charge in [0.1, 0.15) is 0 Å². The van der Waals surface area contributed by atoms with Gasteiger partial charge in [0.15, 0.2) is 5.41 Å². The molecule has 0 bridgehead atoms. The van der Waals surface area contributed by atoms with Crippen LogP contribution >= 0.6 is 0 Å². The van der Waals surface area contributed by atoms with Crippen molar-refractivity contribution in [3.8, 4) is 0 Å². The van der Waals surface area contributed by atoms with Gasteiger partial charge >= 0.3 is 11.9 Å². The van der Waals surface area contributed by atoms with Crippen molar-refractivity contribution in [2.45, 2.75) is 52.4 Å². The number of allylic oxidation sites excluding steroid dienone is 3. The van der Waals surface area contributed by atoms with E-state index in [4.69, 9.17) is 9.47 Å². The number of carbonyl (C=O) groups is 2. The number of rotatable bonds is 4. The Labute approximate surface area is 166 Å². The highest BCUT2D eigenvalue weighted by atomic mass is 16.6. The van der Waals surface area contributed by atoms with Gasteiger partial charge in [0.05, 0.1) is 13.2 Å². The van der Waals surface area contributed by atoms with E-state index in [9.17, 15) is 9.59 Å². The molecular formula is C24H28O4. The summed E-state index contributed by atoms with van der Waals surface area (Å²) >= 11 is 0. The van der Waals surface area contributed by atoms with Gasteiger partial charge in [-0.2, -0.15) is 0 Å². The third kappa shape index (κ3) is 2.99. The molecule has 0 saturated heterocycles. The molecule has 1 aromatic carbocycles. The fourth-order valence-electron chi connectivity index (χ4n) is 5.12. The highest BCUT2D eigenvalue weighted by Crippen LogP contribution is 2.52. The fraction of sp³-hybridized carbons (Fsp3) is 0.500. The lowest BCUT2D eigenvalue weighted by atomic mass is 9.83. The van der Waals surface area contributed by atoms with Gasteiger partial charge in [-0.15, -0.1) is 0 Å². The molecule has 0 aliphatic heterocycles. The van der Waals surface area contributed by atoms with Crippen LogP contribution in [0.25, 0.3) is 5.57 Å². The molecule has 4 rings (SSSR count). The van der Waals surface area contributed by atoms with E-state index in [1.54, 1.807) is 13.8 Å². The number of hydrogen-bond donors (Lipinski definition) is 0. The van der Waals surface area contributed by atoms with Gasteiger partial charge in [0, 0.05) is 0 Å². The first-order valence-corrected chi connectivity index (χ1v) is 10.5. The molecule has 3 aliphatic rings. The van der Waals surface area contributed by atoms with E-state index in [1.807, 2.05) is 6.08 Å². The Bertz CT molecular complexity index is 843. The lowest BCUT2D eigenvalue weighted by molar-refractivity contribution is -0.168. The molecule has 0 fully saturated rings. The summed E-state index contributed by atoms with van der Waals surface area (Å²) in [5.41, 5.74) is 5.27. The largest absolute Gasteiger partial charge is 0.465 e. The van der Waals surface area contributed by atoms with Crippen molar-refractivity contribution in [2.75, 3.05) is 13.2 Å². The van der Waals surface area contributed by atoms with Crippen LogP contribution in [0.5, 0.6) is 0 Å². The standard InChI is InChI=1S/C24H28O4/c1-3-27-22(25)24(23(26)28-4-2)14-17-13-16-9-5-6-10-18(16)19-11-7-8-12-20(19)21(17)15-24/h5-6,9-10,15,17H,3-4,7-8,11-14H2,1-2H3. The van der Waals surface area contributed by atoms with Crippen LogP contribution in [0.3, 0.4) is 0 Å². The maximum absolute atomic E-state index is 12.9. The molecule has 0 spiro atoms. The number of hydrogen-bond acceptors (Lipinski definition) is 4. The lowest BCUT2D eigenvalue weighted by Gasteiger charge is -2.24. The van der Waals surface area contributed by atoms with Gasteiger partial charge in [0.25, 0.3) is 0 Å². The second-order valence-electron chi connectivity index (χ2n) is 7.94. The summed E-state index contributed by atoms with van der Waals surface area (Å²) < 4.78 is 10.7. The van der Waals surface area contributed by atoms with Gasteiger partial charge in [-0.1, -0.05) is 30.3 Å². The number of ether oxygens (including phenoxy) is 2. The highest BCUT2D eigenvalue weighted by molar-refractivity contribution is 6.03. The van der Waals surface area contributed by atoms with Gasteiger partial charge in [-0.25, -0.2) is 0 Å². The average molecular weight is 380 g/mol. The van der Waals surface area contributed by atoms with Crippen LogP contribution in [0.1, 0.15) is 57.1 Å². The summed E-state index contributed by atoms with van der Waals surface area (Å²) in [6.07, 6.45) is 7.58. The van der Waals surface area contributed by atoms with Crippen LogP contribution in [0.2, 0.25) is 0 Å². The Hall–Kier alpha value is -2.36. The van der Waals surface area contributed by atoms with Gasteiger partial charge < -0.3 is 9.47 Å². The molecule has 0 N–H and O–H groups in total. The SMILES string of the molecule is CCOC(=O)C1(C(=O)OCC)C=C2C3=C(CCCC3)c3ccccc3CC2C1. The average Bonchev–Trinajstić information content (AvgIpc) is 3.04. The summed E-state index contributed by atoms with van der Waals surface area (Å²) in [4.78, 5) is 25.9. The molecule has 0 amide bonds. The topological polar surface area (TPSA) is 52.6 Å². The maximum Gasteiger partial charge on any atom is 0.327 e. The molecular weight excluding hydrogens is 352 g/mol. The summed E-state index contributed by atoms with van der Waals surface area (Å²) in [7, 11) is 0. The molecule has 1 unspecified atom stereocenters. The van der Waals surface area contributed by atoms with E-state index in [-0.39, 0.29) is 19.1 Å². The number of fused-ring (bicyclic) bond motifs is 4. The van der Waals surface area contributed by atoms with Crippen LogP contribution in [-0.4, -0.2) is 25.2 Å². The zero-order valence-corrected chi connectivity index (χ0v) is 16.8. The second-order valence-corrected chi connectivity index (χ2v) is 7.94. The van der Waals surface area contributed by atoms with Crippen LogP contribution < -0.4 is 0 Å². The number of esters is 2. The Kier molecular flexibility index (Phi) is 5.13. The minimum atomic E-state index is -1.31. The van der Waals surface area contributed by atoms with E-state index in [2.05, 4.69) is 24.3 Å². The van der Waals surface area contributed by atoms with Crippen molar-refractivity contribution >= 4 is 17.5 Å². The first kappa shape index (κ1) is 19.0. The number of carbonyl (C=O) groups excluding carboxylic acids is 2. The Morgan fingerprint density at radius 2 is 1.64 bits per heavy atom. The Morgan fingerprint density at radius 1 is 1.00 bits per heavy atom. The van der Waals surface area contributed by atoms with Gasteiger partial charge in [-0.3, -0.25) is 9.59 Å². The van der Waals surface area contributed by atoms with E-state index in [0.717, 1.165) is 25.7 Å². The maximum atomic E-state index is 12.9. The molecule has 4 heteroatoms. The quantitative estimate of drug-likeness (QED) is 0.564. The van der Waals surface area contributed by atoms with Crippen molar-refractivity contribution in [3.63, 3.8) is 0 Å².